The maximum Gasteiger partial charge on any atom is 0.364 e. The number of carbonyl (C=O) groups is 2. The first kappa shape index (κ1) is 16.2. The number of halogens is 1. The quantitative estimate of drug-likeness (QED) is 0.254. The second-order valence-corrected chi connectivity index (χ2v) is 4.24. The van der Waals surface area contributed by atoms with Crippen LogP contribution < -0.4 is 0 Å². The number of aryl methyl sites for hydroxylation is 1. The third kappa shape index (κ3) is 5.01. The van der Waals surface area contributed by atoms with Gasteiger partial charge in [-0.2, -0.15) is 0 Å². The van der Waals surface area contributed by atoms with Gasteiger partial charge in [-0.1, -0.05) is 35.0 Å². The molecular formula is C14H16ClNO4. The molecule has 20 heavy (non-hydrogen) atoms. The zero-order valence-electron chi connectivity index (χ0n) is 11.4. The van der Waals surface area contributed by atoms with Crippen molar-refractivity contribution in [2.45, 2.75) is 20.5 Å². The zero-order chi connectivity index (χ0) is 15.0. The molecule has 0 heterocycles. The van der Waals surface area contributed by atoms with Crippen LogP contribution in [0.1, 0.15) is 18.1 Å². The van der Waals surface area contributed by atoms with Gasteiger partial charge in [-0.15, -0.1) is 11.6 Å². The van der Waals surface area contributed by atoms with Crippen molar-refractivity contribution >= 4 is 29.1 Å². The van der Waals surface area contributed by atoms with E-state index in [1.165, 1.54) is 0 Å². The number of Topliss-reactive ketones (excluding diaryl/α,β-unsaturated/α-hetero) is 1. The lowest BCUT2D eigenvalue weighted by Gasteiger charge is -2.04. The SMILES string of the molecule is CCOC(=O)C(=NOCc1ccc(C)cc1)C(=O)CCl. The molecule has 0 spiro atoms. The molecular weight excluding hydrogens is 282 g/mol. The van der Waals surface area contributed by atoms with Gasteiger partial charge in [0.15, 0.2) is 0 Å². The summed E-state index contributed by atoms with van der Waals surface area (Å²) < 4.78 is 4.72. The molecule has 0 aromatic heterocycles. The summed E-state index contributed by atoms with van der Waals surface area (Å²) in [5.41, 5.74) is 1.58. The molecule has 0 aliphatic heterocycles. The Morgan fingerprint density at radius 1 is 1.25 bits per heavy atom. The monoisotopic (exact) mass is 297 g/mol. The summed E-state index contributed by atoms with van der Waals surface area (Å²) in [4.78, 5) is 28.0. The fourth-order valence-electron chi connectivity index (χ4n) is 1.32. The Labute approximate surface area is 122 Å². The van der Waals surface area contributed by atoms with Gasteiger partial charge < -0.3 is 9.57 Å². The fourth-order valence-corrected chi connectivity index (χ4v) is 1.45. The molecule has 1 aromatic carbocycles. The van der Waals surface area contributed by atoms with E-state index in [2.05, 4.69) is 5.16 Å². The van der Waals surface area contributed by atoms with Crippen molar-refractivity contribution in [1.29, 1.82) is 0 Å². The number of ketones is 1. The zero-order valence-corrected chi connectivity index (χ0v) is 12.1. The Balaban J connectivity index is 2.69. The number of ether oxygens (including phenoxy) is 1. The number of alkyl halides is 1. The van der Waals surface area contributed by atoms with Crippen molar-refractivity contribution in [3.63, 3.8) is 0 Å². The summed E-state index contributed by atoms with van der Waals surface area (Å²) in [6.45, 7) is 3.90. The lowest BCUT2D eigenvalue weighted by atomic mass is 10.2. The molecule has 0 unspecified atom stereocenters. The van der Waals surface area contributed by atoms with E-state index in [-0.39, 0.29) is 19.1 Å². The fraction of sp³-hybridized carbons (Fsp3) is 0.357. The average Bonchev–Trinajstić information content (AvgIpc) is 2.45. The molecule has 0 radical (unpaired) electrons. The highest BCUT2D eigenvalue weighted by Gasteiger charge is 2.21. The molecule has 0 aliphatic rings. The third-order valence-corrected chi connectivity index (χ3v) is 2.60. The van der Waals surface area contributed by atoms with Crippen molar-refractivity contribution in [1.82, 2.24) is 0 Å². The van der Waals surface area contributed by atoms with Crippen LogP contribution in [0.3, 0.4) is 0 Å². The Bertz CT molecular complexity index is 496. The lowest BCUT2D eigenvalue weighted by Crippen LogP contribution is -2.27. The minimum Gasteiger partial charge on any atom is -0.461 e. The number of carbonyl (C=O) groups excluding carboxylic acids is 2. The molecule has 0 fully saturated rings. The predicted octanol–water partition coefficient (Wildman–Crippen LogP) is 2.24. The van der Waals surface area contributed by atoms with E-state index in [9.17, 15) is 9.59 Å². The van der Waals surface area contributed by atoms with Crippen LogP contribution >= 0.6 is 11.6 Å². The molecule has 0 bridgehead atoms. The van der Waals surface area contributed by atoms with Crippen LogP contribution in [-0.4, -0.2) is 30.0 Å². The van der Waals surface area contributed by atoms with Crippen molar-refractivity contribution in [3.05, 3.63) is 35.4 Å². The molecule has 0 saturated carbocycles. The summed E-state index contributed by atoms with van der Waals surface area (Å²) in [5.74, 6) is -1.82. The largest absolute Gasteiger partial charge is 0.461 e. The van der Waals surface area contributed by atoms with Crippen molar-refractivity contribution in [2.24, 2.45) is 5.16 Å². The normalized spacial score (nSPS) is 11.1. The van der Waals surface area contributed by atoms with Gasteiger partial charge in [-0.25, -0.2) is 4.79 Å². The number of hydrogen-bond acceptors (Lipinski definition) is 5. The van der Waals surface area contributed by atoms with Gasteiger partial charge in [-0.05, 0) is 19.4 Å². The van der Waals surface area contributed by atoms with Gasteiger partial charge in [0, 0.05) is 0 Å². The van der Waals surface area contributed by atoms with Crippen LogP contribution in [0, 0.1) is 6.92 Å². The third-order valence-electron chi connectivity index (χ3n) is 2.36. The molecule has 1 rings (SSSR count). The van der Waals surface area contributed by atoms with Crippen molar-refractivity contribution in [2.75, 3.05) is 12.5 Å². The first-order chi connectivity index (χ1) is 9.58. The maximum absolute atomic E-state index is 11.5. The highest BCUT2D eigenvalue weighted by atomic mass is 35.5. The maximum atomic E-state index is 11.5. The number of hydrogen-bond donors (Lipinski definition) is 0. The van der Waals surface area contributed by atoms with Crippen LogP contribution in [0.2, 0.25) is 0 Å². The van der Waals surface area contributed by atoms with Crippen molar-refractivity contribution in [3.8, 4) is 0 Å². The van der Waals surface area contributed by atoms with Gasteiger partial charge in [0.1, 0.15) is 6.61 Å². The number of rotatable bonds is 7. The van der Waals surface area contributed by atoms with Gasteiger partial charge in [-0.3, -0.25) is 4.79 Å². The second kappa shape index (κ2) is 8.32. The molecule has 0 amide bonds. The van der Waals surface area contributed by atoms with E-state index in [1.54, 1.807) is 6.92 Å². The number of nitrogens with zero attached hydrogens (tertiary/aromatic N) is 1. The number of oxime groups is 1. The van der Waals surface area contributed by atoms with E-state index < -0.39 is 17.5 Å². The van der Waals surface area contributed by atoms with E-state index >= 15 is 0 Å². The number of benzene rings is 1. The predicted molar refractivity (Wildman–Crippen MR) is 75.8 cm³/mol. The van der Waals surface area contributed by atoms with Crippen LogP contribution in [0.25, 0.3) is 0 Å². The Morgan fingerprint density at radius 2 is 1.90 bits per heavy atom. The molecule has 1 aromatic rings. The molecule has 0 saturated heterocycles. The molecule has 0 atom stereocenters. The van der Waals surface area contributed by atoms with E-state index in [1.807, 2.05) is 31.2 Å². The Kier molecular flexibility index (Phi) is 6.73. The summed E-state index contributed by atoms with van der Waals surface area (Å²) in [6.07, 6.45) is 0. The van der Waals surface area contributed by atoms with Gasteiger partial charge in [0.05, 0.1) is 12.5 Å². The van der Waals surface area contributed by atoms with Crippen LogP contribution in [0.4, 0.5) is 0 Å². The molecule has 0 N–H and O–H groups in total. The Morgan fingerprint density at radius 3 is 2.45 bits per heavy atom. The highest BCUT2D eigenvalue weighted by Crippen LogP contribution is 2.05. The minimum absolute atomic E-state index is 0.144. The van der Waals surface area contributed by atoms with Crippen LogP contribution in [-0.2, 0) is 25.8 Å². The standard InChI is InChI=1S/C14H16ClNO4/c1-3-19-14(18)13(12(17)8-15)16-20-9-11-6-4-10(2)5-7-11/h4-7H,3,8-9H2,1-2H3. The van der Waals surface area contributed by atoms with E-state index in [0.717, 1.165) is 11.1 Å². The van der Waals surface area contributed by atoms with Gasteiger partial charge in [0.2, 0.25) is 11.5 Å². The summed E-state index contributed by atoms with van der Waals surface area (Å²) in [5, 5.41) is 3.54. The molecule has 108 valence electrons. The smallest absolute Gasteiger partial charge is 0.364 e. The van der Waals surface area contributed by atoms with E-state index in [4.69, 9.17) is 21.2 Å². The van der Waals surface area contributed by atoms with Crippen LogP contribution in [0.15, 0.2) is 29.4 Å². The second-order valence-electron chi connectivity index (χ2n) is 3.98. The topological polar surface area (TPSA) is 65.0 Å². The average molecular weight is 298 g/mol. The van der Waals surface area contributed by atoms with Gasteiger partial charge >= 0.3 is 5.97 Å². The first-order valence-corrected chi connectivity index (χ1v) is 6.63. The minimum atomic E-state index is -0.831. The summed E-state index contributed by atoms with van der Waals surface area (Å²) in [7, 11) is 0. The van der Waals surface area contributed by atoms with E-state index in [0.29, 0.717) is 0 Å². The number of esters is 1. The lowest BCUT2D eigenvalue weighted by molar-refractivity contribution is -0.136. The van der Waals surface area contributed by atoms with Gasteiger partial charge in [0.25, 0.3) is 0 Å². The van der Waals surface area contributed by atoms with Crippen molar-refractivity contribution < 1.29 is 19.2 Å². The molecule has 5 nitrogen and oxygen atoms in total. The Hall–Kier alpha value is -1.88. The van der Waals surface area contributed by atoms with Crippen LogP contribution in [0.5, 0.6) is 0 Å². The molecule has 6 heteroatoms. The first-order valence-electron chi connectivity index (χ1n) is 6.10. The summed E-state index contributed by atoms with van der Waals surface area (Å²) >= 11 is 5.41. The highest BCUT2D eigenvalue weighted by molar-refractivity contribution is 6.67. The summed E-state index contributed by atoms with van der Waals surface area (Å²) in [6, 6.07) is 7.60. The molecule has 0 aliphatic carbocycles.